The van der Waals surface area contributed by atoms with E-state index in [9.17, 15) is 0 Å². The lowest BCUT2D eigenvalue weighted by molar-refractivity contribution is 0.166. The number of piperidine rings is 1. The van der Waals surface area contributed by atoms with Gasteiger partial charge in [0.1, 0.15) is 0 Å². The van der Waals surface area contributed by atoms with Crippen LogP contribution in [-0.4, -0.2) is 36.6 Å². The van der Waals surface area contributed by atoms with E-state index in [1.54, 1.807) is 0 Å². The van der Waals surface area contributed by atoms with Crippen LogP contribution in [0.5, 0.6) is 0 Å². The Bertz CT molecular complexity index is 390. The van der Waals surface area contributed by atoms with Crippen molar-refractivity contribution in [2.45, 2.75) is 50.6 Å². The Balaban J connectivity index is 1.47. The van der Waals surface area contributed by atoms with Crippen LogP contribution in [0.2, 0.25) is 0 Å². The number of rotatable bonds is 4. The Morgan fingerprint density at radius 3 is 2.89 bits per heavy atom. The quantitative estimate of drug-likeness (QED) is 0.893. The van der Waals surface area contributed by atoms with Crippen molar-refractivity contribution >= 4 is 0 Å². The van der Waals surface area contributed by atoms with Gasteiger partial charge in [-0.15, -0.1) is 0 Å². The van der Waals surface area contributed by atoms with Crippen LogP contribution >= 0.6 is 0 Å². The largest absolute Gasteiger partial charge is 0.313 e. The number of fused-ring (bicyclic) bond motifs is 1. The van der Waals surface area contributed by atoms with Gasteiger partial charge in [-0.3, -0.25) is 0 Å². The molecule has 2 aliphatic heterocycles. The first-order chi connectivity index (χ1) is 9.33. The molecule has 2 heteroatoms. The molecule has 0 bridgehead atoms. The number of hydrogen-bond donors (Lipinski definition) is 1. The number of hydrogen-bond acceptors (Lipinski definition) is 2. The molecule has 104 valence electrons. The molecule has 0 radical (unpaired) electrons. The van der Waals surface area contributed by atoms with Crippen LogP contribution in [0.3, 0.4) is 0 Å². The van der Waals surface area contributed by atoms with E-state index in [0.717, 1.165) is 18.6 Å². The van der Waals surface area contributed by atoms with Crippen LogP contribution in [0, 0.1) is 0 Å². The molecule has 0 aromatic heterocycles. The molecule has 0 aliphatic carbocycles. The van der Waals surface area contributed by atoms with E-state index in [1.807, 2.05) is 0 Å². The van der Waals surface area contributed by atoms with E-state index in [0.29, 0.717) is 5.92 Å². The Kier molecular flexibility index (Phi) is 4.19. The third-order valence-corrected chi connectivity index (χ3v) is 4.90. The molecule has 0 spiro atoms. The Morgan fingerprint density at radius 2 is 2.05 bits per heavy atom. The second-order valence-corrected chi connectivity index (χ2v) is 6.27. The van der Waals surface area contributed by atoms with Gasteiger partial charge in [-0.25, -0.2) is 0 Å². The first-order valence-corrected chi connectivity index (χ1v) is 7.85. The molecule has 2 fully saturated rings. The van der Waals surface area contributed by atoms with Gasteiger partial charge in [0.25, 0.3) is 0 Å². The normalized spacial score (nSPS) is 29.1. The first kappa shape index (κ1) is 13.1. The van der Waals surface area contributed by atoms with Crippen molar-refractivity contribution in [2.24, 2.45) is 0 Å². The molecule has 2 aliphatic rings. The highest BCUT2D eigenvalue weighted by Crippen LogP contribution is 2.27. The van der Waals surface area contributed by atoms with E-state index < -0.39 is 0 Å². The minimum Gasteiger partial charge on any atom is -0.313 e. The molecule has 2 nitrogen and oxygen atoms in total. The topological polar surface area (TPSA) is 15.3 Å². The number of nitrogens with zero attached hydrogens (tertiary/aromatic N) is 1. The highest BCUT2D eigenvalue weighted by Gasteiger charge is 2.31. The van der Waals surface area contributed by atoms with Crippen molar-refractivity contribution in [3.05, 3.63) is 35.9 Å². The van der Waals surface area contributed by atoms with Crippen molar-refractivity contribution in [2.75, 3.05) is 19.6 Å². The molecule has 1 N–H and O–H groups in total. The zero-order valence-corrected chi connectivity index (χ0v) is 12.0. The molecule has 19 heavy (non-hydrogen) atoms. The highest BCUT2D eigenvalue weighted by atomic mass is 15.2. The van der Waals surface area contributed by atoms with Crippen molar-refractivity contribution in [1.82, 2.24) is 10.2 Å². The average Bonchev–Trinajstić information content (AvgIpc) is 2.93. The molecule has 0 saturated carbocycles. The molecule has 1 aromatic carbocycles. The van der Waals surface area contributed by atoms with E-state index in [2.05, 4.69) is 47.5 Å². The summed E-state index contributed by atoms with van der Waals surface area (Å²) in [6, 6.07) is 12.5. The molecule has 2 saturated heterocycles. The molecule has 3 atom stereocenters. The molecule has 3 rings (SSSR count). The summed E-state index contributed by atoms with van der Waals surface area (Å²) in [6.45, 7) is 6.09. The number of nitrogens with one attached hydrogen (secondary N) is 1. The molecular formula is C17H26N2. The Labute approximate surface area is 117 Å². The van der Waals surface area contributed by atoms with E-state index >= 15 is 0 Å². The second kappa shape index (κ2) is 6.06. The minimum atomic E-state index is 0.614. The van der Waals surface area contributed by atoms with Gasteiger partial charge < -0.3 is 10.2 Å². The van der Waals surface area contributed by atoms with Crippen LogP contribution in [0.15, 0.2) is 30.3 Å². The second-order valence-electron chi connectivity index (χ2n) is 6.27. The summed E-state index contributed by atoms with van der Waals surface area (Å²) in [5.74, 6) is 0.614. The van der Waals surface area contributed by atoms with Gasteiger partial charge in [0, 0.05) is 18.6 Å². The van der Waals surface area contributed by atoms with Crippen molar-refractivity contribution in [3.8, 4) is 0 Å². The SMILES string of the molecule is CC(CNC1CCN2CCCC2C1)c1ccccc1. The fraction of sp³-hybridized carbons (Fsp3) is 0.647. The highest BCUT2D eigenvalue weighted by molar-refractivity contribution is 5.19. The van der Waals surface area contributed by atoms with Crippen LogP contribution in [0.1, 0.15) is 44.1 Å². The first-order valence-electron chi connectivity index (χ1n) is 7.85. The Morgan fingerprint density at radius 1 is 1.21 bits per heavy atom. The van der Waals surface area contributed by atoms with Gasteiger partial charge >= 0.3 is 0 Å². The molecule has 2 heterocycles. The van der Waals surface area contributed by atoms with E-state index in [1.165, 1.54) is 44.3 Å². The van der Waals surface area contributed by atoms with E-state index in [-0.39, 0.29) is 0 Å². The predicted octanol–water partition coefficient (Wildman–Crippen LogP) is 3.01. The van der Waals surface area contributed by atoms with Gasteiger partial charge in [0.05, 0.1) is 0 Å². The summed E-state index contributed by atoms with van der Waals surface area (Å²) in [7, 11) is 0. The van der Waals surface area contributed by atoms with Gasteiger partial charge in [-0.05, 0) is 50.3 Å². The van der Waals surface area contributed by atoms with Crippen molar-refractivity contribution in [1.29, 1.82) is 0 Å². The zero-order valence-electron chi connectivity index (χ0n) is 12.0. The molecule has 3 unspecified atom stereocenters. The summed E-state index contributed by atoms with van der Waals surface area (Å²) in [6.07, 6.45) is 5.53. The van der Waals surface area contributed by atoms with Crippen LogP contribution in [0.25, 0.3) is 0 Å². The predicted molar refractivity (Wildman–Crippen MR) is 80.5 cm³/mol. The zero-order chi connectivity index (χ0) is 13.1. The Hall–Kier alpha value is -0.860. The van der Waals surface area contributed by atoms with Gasteiger partial charge in [0.15, 0.2) is 0 Å². The van der Waals surface area contributed by atoms with Gasteiger partial charge in [0.2, 0.25) is 0 Å². The molecular weight excluding hydrogens is 232 g/mol. The fourth-order valence-corrected chi connectivity index (χ4v) is 3.65. The maximum absolute atomic E-state index is 3.81. The van der Waals surface area contributed by atoms with Crippen LogP contribution < -0.4 is 5.32 Å². The van der Waals surface area contributed by atoms with Crippen LogP contribution in [-0.2, 0) is 0 Å². The lowest BCUT2D eigenvalue weighted by Crippen LogP contribution is -2.46. The maximum Gasteiger partial charge on any atom is 0.0111 e. The standard InChI is InChI=1S/C17H26N2/c1-14(15-6-3-2-4-7-15)13-18-16-9-11-19-10-5-8-17(19)12-16/h2-4,6-7,14,16-18H,5,8-13H2,1H3. The third kappa shape index (κ3) is 3.18. The fourth-order valence-electron chi connectivity index (χ4n) is 3.65. The molecule has 0 amide bonds. The van der Waals surface area contributed by atoms with Gasteiger partial charge in [-0.2, -0.15) is 0 Å². The smallest absolute Gasteiger partial charge is 0.0111 e. The van der Waals surface area contributed by atoms with Crippen molar-refractivity contribution in [3.63, 3.8) is 0 Å². The minimum absolute atomic E-state index is 0.614. The average molecular weight is 258 g/mol. The maximum atomic E-state index is 3.81. The summed E-state index contributed by atoms with van der Waals surface area (Å²) in [5.41, 5.74) is 1.45. The summed E-state index contributed by atoms with van der Waals surface area (Å²) >= 11 is 0. The number of benzene rings is 1. The summed E-state index contributed by atoms with van der Waals surface area (Å²) in [5, 5.41) is 3.81. The van der Waals surface area contributed by atoms with Crippen LogP contribution in [0.4, 0.5) is 0 Å². The van der Waals surface area contributed by atoms with Crippen molar-refractivity contribution < 1.29 is 0 Å². The third-order valence-electron chi connectivity index (χ3n) is 4.90. The lowest BCUT2D eigenvalue weighted by atomic mass is 9.96. The van der Waals surface area contributed by atoms with Gasteiger partial charge in [-0.1, -0.05) is 37.3 Å². The van der Waals surface area contributed by atoms with E-state index in [4.69, 9.17) is 0 Å². The monoisotopic (exact) mass is 258 g/mol. The molecule has 1 aromatic rings. The lowest BCUT2D eigenvalue weighted by Gasteiger charge is -2.35. The summed E-state index contributed by atoms with van der Waals surface area (Å²) < 4.78 is 0. The summed E-state index contributed by atoms with van der Waals surface area (Å²) in [4.78, 5) is 2.69.